The molecule has 4 nitrogen and oxygen atoms in total. The number of esters is 1. The van der Waals surface area contributed by atoms with Crippen LogP contribution in [0, 0.1) is 24.2 Å². The van der Waals surface area contributed by atoms with Crippen molar-refractivity contribution in [3.8, 4) is 0 Å². The van der Waals surface area contributed by atoms with Crippen LogP contribution in [0.4, 0.5) is 5.69 Å². The van der Waals surface area contributed by atoms with E-state index in [2.05, 4.69) is 36.5 Å². The standard InChI is InChI=1S/C26H29NO3/c1-17-6-8-21(9-7-17)25-12-18-10-19(13-25)15-26(14-18,16-25)24(29)27-22-5-3-4-20(11-22)23(28)30-2/h3-9,11,18-19H,10,12-16H2,1-2H3,(H,27,29)/t18-,19+,25?,26?. The maximum Gasteiger partial charge on any atom is 0.337 e. The fourth-order valence-corrected chi connectivity index (χ4v) is 6.88. The Bertz CT molecular complexity index is 980. The summed E-state index contributed by atoms with van der Waals surface area (Å²) in [4.78, 5) is 25.5. The minimum atomic E-state index is -0.390. The van der Waals surface area contributed by atoms with Gasteiger partial charge in [-0.2, -0.15) is 0 Å². The average molecular weight is 404 g/mol. The molecule has 0 saturated heterocycles. The Morgan fingerprint density at radius 2 is 1.70 bits per heavy atom. The number of hydrogen-bond donors (Lipinski definition) is 1. The first-order valence-electron chi connectivity index (χ1n) is 11.0. The van der Waals surface area contributed by atoms with Crippen molar-refractivity contribution in [1.82, 2.24) is 0 Å². The second kappa shape index (κ2) is 6.97. The molecule has 2 aromatic rings. The lowest BCUT2D eigenvalue weighted by molar-refractivity contribution is -0.143. The van der Waals surface area contributed by atoms with E-state index >= 15 is 0 Å². The molecule has 4 heteroatoms. The number of carbonyl (C=O) groups is 2. The largest absolute Gasteiger partial charge is 0.465 e. The first-order valence-corrected chi connectivity index (χ1v) is 11.0. The second-order valence-corrected chi connectivity index (χ2v) is 9.91. The number of carbonyl (C=O) groups excluding carboxylic acids is 2. The summed E-state index contributed by atoms with van der Waals surface area (Å²) >= 11 is 0. The molecule has 4 atom stereocenters. The monoisotopic (exact) mass is 403 g/mol. The number of aryl methyl sites for hydroxylation is 1. The SMILES string of the molecule is COC(=O)c1cccc(NC(=O)C23C[C@H]4C[C@@H](C2)CC(c2ccc(C)cc2)(C4)C3)c1. The van der Waals surface area contributed by atoms with Crippen LogP contribution in [0.15, 0.2) is 48.5 Å². The summed E-state index contributed by atoms with van der Waals surface area (Å²) < 4.78 is 4.82. The molecule has 156 valence electrons. The quantitative estimate of drug-likeness (QED) is 0.709. The van der Waals surface area contributed by atoms with Crippen molar-refractivity contribution in [3.05, 3.63) is 65.2 Å². The summed E-state index contributed by atoms with van der Waals surface area (Å²) in [5.74, 6) is 0.980. The number of nitrogens with one attached hydrogen (secondary N) is 1. The molecular formula is C26H29NO3. The smallest absolute Gasteiger partial charge is 0.337 e. The highest BCUT2D eigenvalue weighted by atomic mass is 16.5. The first-order chi connectivity index (χ1) is 14.4. The van der Waals surface area contributed by atoms with Crippen LogP contribution in [0.1, 0.15) is 60.0 Å². The van der Waals surface area contributed by atoms with Gasteiger partial charge in [0.15, 0.2) is 0 Å². The fourth-order valence-electron chi connectivity index (χ4n) is 6.88. The summed E-state index contributed by atoms with van der Waals surface area (Å²) in [7, 11) is 1.37. The lowest BCUT2D eigenvalue weighted by Crippen LogP contribution is -2.57. The number of rotatable bonds is 4. The number of benzene rings is 2. The average Bonchev–Trinajstić information content (AvgIpc) is 2.73. The van der Waals surface area contributed by atoms with Crippen molar-refractivity contribution in [3.63, 3.8) is 0 Å². The number of amides is 1. The lowest BCUT2D eigenvalue weighted by atomic mass is 9.42. The van der Waals surface area contributed by atoms with Gasteiger partial charge in [-0.3, -0.25) is 4.79 Å². The Morgan fingerprint density at radius 1 is 1.00 bits per heavy atom. The Balaban J connectivity index is 1.43. The Hall–Kier alpha value is -2.62. The van der Waals surface area contributed by atoms with Gasteiger partial charge in [-0.25, -0.2) is 4.79 Å². The summed E-state index contributed by atoms with van der Waals surface area (Å²) in [5.41, 5.74) is 3.63. The summed E-state index contributed by atoms with van der Waals surface area (Å²) in [6.07, 6.45) is 6.58. The predicted molar refractivity (Wildman–Crippen MR) is 116 cm³/mol. The van der Waals surface area contributed by atoms with E-state index in [9.17, 15) is 9.59 Å². The summed E-state index contributed by atoms with van der Waals surface area (Å²) in [5, 5.41) is 3.15. The lowest BCUT2D eigenvalue weighted by Gasteiger charge is -2.61. The van der Waals surface area contributed by atoms with Gasteiger partial charge in [-0.05, 0) is 86.5 Å². The fraction of sp³-hybridized carbons (Fsp3) is 0.462. The molecule has 4 bridgehead atoms. The van der Waals surface area contributed by atoms with Crippen molar-refractivity contribution in [2.75, 3.05) is 12.4 Å². The van der Waals surface area contributed by atoms with Crippen molar-refractivity contribution in [1.29, 1.82) is 0 Å². The third kappa shape index (κ3) is 3.13. The van der Waals surface area contributed by atoms with Gasteiger partial charge in [0.05, 0.1) is 18.1 Å². The zero-order valence-corrected chi connectivity index (χ0v) is 17.7. The number of hydrogen-bond acceptors (Lipinski definition) is 3. The minimum absolute atomic E-state index is 0.120. The zero-order valence-electron chi connectivity index (χ0n) is 17.7. The number of methoxy groups -OCH3 is 1. The van der Waals surface area contributed by atoms with Crippen LogP contribution in [0.3, 0.4) is 0 Å². The van der Waals surface area contributed by atoms with Gasteiger partial charge < -0.3 is 10.1 Å². The van der Waals surface area contributed by atoms with E-state index in [0.717, 1.165) is 19.3 Å². The van der Waals surface area contributed by atoms with Gasteiger partial charge in [0.1, 0.15) is 0 Å². The van der Waals surface area contributed by atoms with Gasteiger partial charge in [0.25, 0.3) is 0 Å². The molecular weight excluding hydrogens is 374 g/mol. The van der Waals surface area contributed by atoms with Crippen LogP contribution in [-0.4, -0.2) is 19.0 Å². The maximum atomic E-state index is 13.6. The molecule has 6 rings (SSSR count). The van der Waals surface area contributed by atoms with Crippen molar-refractivity contribution >= 4 is 17.6 Å². The highest BCUT2D eigenvalue weighted by Gasteiger charge is 2.60. The molecule has 4 saturated carbocycles. The molecule has 30 heavy (non-hydrogen) atoms. The van der Waals surface area contributed by atoms with Crippen molar-refractivity contribution < 1.29 is 14.3 Å². The van der Waals surface area contributed by atoms with Gasteiger partial charge in [0, 0.05) is 5.69 Å². The van der Waals surface area contributed by atoms with Gasteiger partial charge in [-0.15, -0.1) is 0 Å². The van der Waals surface area contributed by atoms with Gasteiger partial charge in [-0.1, -0.05) is 35.9 Å². The highest BCUT2D eigenvalue weighted by Crippen LogP contribution is 2.66. The molecule has 0 spiro atoms. The topological polar surface area (TPSA) is 55.4 Å². The summed E-state index contributed by atoms with van der Waals surface area (Å²) in [6, 6.07) is 16.0. The zero-order chi connectivity index (χ0) is 20.9. The van der Waals surface area contributed by atoms with Crippen LogP contribution in [0.2, 0.25) is 0 Å². The molecule has 4 fully saturated rings. The molecule has 4 aliphatic rings. The van der Waals surface area contributed by atoms with E-state index in [1.165, 1.54) is 37.5 Å². The minimum Gasteiger partial charge on any atom is -0.465 e. The van der Waals surface area contributed by atoms with Crippen LogP contribution in [0.5, 0.6) is 0 Å². The van der Waals surface area contributed by atoms with Crippen molar-refractivity contribution in [2.24, 2.45) is 17.3 Å². The molecule has 2 unspecified atom stereocenters. The molecule has 2 aromatic carbocycles. The van der Waals surface area contributed by atoms with E-state index in [1.807, 2.05) is 6.07 Å². The molecule has 4 aliphatic carbocycles. The maximum absolute atomic E-state index is 13.6. The van der Waals surface area contributed by atoms with E-state index < -0.39 is 0 Å². The van der Waals surface area contributed by atoms with E-state index in [0.29, 0.717) is 23.1 Å². The van der Waals surface area contributed by atoms with Crippen LogP contribution in [0.25, 0.3) is 0 Å². The normalized spacial score (nSPS) is 31.4. The Labute approximate surface area is 178 Å². The first kappa shape index (κ1) is 19.3. The van der Waals surface area contributed by atoms with E-state index in [4.69, 9.17) is 4.74 Å². The van der Waals surface area contributed by atoms with E-state index in [1.54, 1.807) is 18.2 Å². The molecule has 0 aromatic heterocycles. The van der Waals surface area contributed by atoms with E-state index in [-0.39, 0.29) is 22.7 Å². The van der Waals surface area contributed by atoms with Gasteiger partial charge >= 0.3 is 5.97 Å². The Kier molecular flexibility index (Phi) is 4.49. The third-order valence-corrected chi connectivity index (χ3v) is 7.75. The van der Waals surface area contributed by atoms with Crippen molar-refractivity contribution in [2.45, 2.75) is 50.9 Å². The number of anilines is 1. The van der Waals surface area contributed by atoms with Crippen LogP contribution in [-0.2, 0) is 14.9 Å². The Morgan fingerprint density at radius 3 is 2.37 bits per heavy atom. The summed E-state index contributed by atoms with van der Waals surface area (Å²) in [6.45, 7) is 2.13. The number of ether oxygens (including phenoxy) is 1. The molecule has 0 aliphatic heterocycles. The molecule has 1 N–H and O–H groups in total. The molecule has 1 amide bonds. The highest BCUT2D eigenvalue weighted by molar-refractivity contribution is 5.97. The predicted octanol–water partition coefficient (Wildman–Crippen LogP) is 5.26. The second-order valence-electron chi connectivity index (χ2n) is 9.91. The molecule has 0 heterocycles. The third-order valence-electron chi connectivity index (χ3n) is 7.75. The van der Waals surface area contributed by atoms with Crippen LogP contribution < -0.4 is 5.32 Å². The molecule has 0 radical (unpaired) electrons. The van der Waals surface area contributed by atoms with Crippen LogP contribution >= 0.6 is 0 Å². The van der Waals surface area contributed by atoms with Gasteiger partial charge in [0.2, 0.25) is 5.91 Å².